The molecule has 1 aromatic rings. The number of anilines is 1. The SMILES string of the molecule is CC(CCCl)CCN1C(=O)C(C)Oc2ccccc21. The van der Waals surface area contributed by atoms with Crippen molar-refractivity contribution >= 4 is 23.2 Å². The van der Waals surface area contributed by atoms with Crippen LogP contribution in [0.15, 0.2) is 24.3 Å². The smallest absolute Gasteiger partial charge is 0.267 e. The van der Waals surface area contributed by atoms with Crippen LogP contribution in [0, 0.1) is 5.92 Å². The molecule has 0 radical (unpaired) electrons. The highest BCUT2D eigenvalue weighted by atomic mass is 35.5. The van der Waals surface area contributed by atoms with E-state index in [4.69, 9.17) is 16.3 Å². The van der Waals surface area contributed by atoms with Gasteiger partial charge in [-0.25, -0.2) is 0 Å². The van der Waals surface area contributed by atoms with Crippen molar-refractivity contribution in [2.24, 2.45) is 5.92 Å². The van der Waals surface area contributed by atoms with E-state index < -0.39 is 6.10 Å². The highest BCUT2D eigenvalue weighted by molar-refractivity contribution is 6.17. The van der Waals surface area contributed by atoms with E-state index in [1.54, 1.807) is 6.92 Å². The minimum Gasteiger partial charge on any atom is -0.479 e. The number of alkyl halides is 1. The zero-order valence-corrected chi connectivity index (χ0v) is 12.2. The van der Waals surface area contributed by atoms with Gasteiger partial charge in [0.15, 0.2) is 6.10 Å². The molecule has 0 spiro atoms. The van der Waals surface area contributed by atoms with Crippen LogP contribution in [0.2, 0.25) is 0 Å². The normalized spacial score (nSPS) is 19.8. The molecular formula is C15H20ClNO2. The van der Waals surface area contributed by atoms with Gasteiger partial charge < -0.3 is 9.64 Å². The fourth-order valence-corrected chi connectivity index (χ4v) is 2.64. The number of rotatable bonds is 5. The van der Waals surface area contributed by atoms with E-state index in [0.717, 1.165) is 30.8 Å². The molecule has 0 aliphatic carbocycles. The molecule has 0 N–H and O–H groups in total. The Labute approximate surface area is 119 Å². The van der Waals surface area contributed by atoms with Crippen LogP contribution in [0.25, 0.3) is 0 Å². The molecule has 1 aliphatic heterocycles. The molecule has 1 aromatic carbocycles. The number of carbonyl (C=O) groups excluding carboxylic acids is 1. The first-order chi connectivity index (χ1) is 9.13. The van der Waals surface area contributed by atoms with E-state index in [9.17, 15) is 4.79 Å². The van der Waals surface area contributed by atoms with Crippen molar-refractivity contribution in [1.29, 1.82) is 0 Å². The van der Waals surface area contributed by atoms with Crippen LogP contribution in [0.3, 0.4) is 0 Å². The molecule has 3 nitrogen and oxygen atoms in total. The molecule has 2 atom stereocenters. The lowest BCUT2D eigenvalue weighted by atomic mass is 10.0. The summed E-state index contributed by atoms with van der Waals surface area (Å²) in [5, 5.41) is 0. The van der Waals surface area contributed by atoms with Crippen molar-refractivity contribution in [2.45, 2.75) is 32.8 Å². The number of para-hydroxylation sites is 2. The Balaban J connectivity index is 2.12. The third-order valence-corrected chi connectivity index (χ3v) is 3.74. The van der Waals surface area contributed by atoms with E-state index >= 15 is 0 Å². The van der Waals surface area contributed by atoms with E-state index in [1.807, 2.05) is 29.2 Å². The highest BCUT2D eigenvalue weighted by Crippen LogP contribution is 2.33. The monoisotopic (exact) mass is 281 g/mol. The van der Waals surface area contributed by atoms with Crippen LogP contribution < -0.4 is 9.64 Å². The number of ether oxygens (including phenoxy) is 1. The van der Waals surface area contributed by atoms with Gasteiger partial charge in [0.2, 0.25) is 0 Å². The fourth-order valence-electron chi connectivity index (χ4n) is 2.27. The molecule has 0 saturated carbocycles. The minimum atomic E-state index is -0.404. The molecule has 1 aliphatic rings. The summed E-state index contributed by atoms with van der Waals surface area (Å²) in [4.78, 5) is 14.1. The van der Waals surface area contributed by atoms with Gasteiger partial charge in [-0.1, -0.05) is 19.1 Å². The van der Waals surface area contributed by atoms with Crippen LogP contribution in [0.5, 0.6) is 5.75 Å². The molecule has 0 saturated heterocycles. The lowest BCUT2D eigenvalue weighted by Crippen LogP contribution is -2.45. The van der Waals surface area contributed by atoms with Gasteiger partial charge in [-0.2, -0.15) is 0 Å². The molecule has 2 unspecified atom stereocenters. The Morgan fingerprint density at radius 2 is 2.11 bits per heavy atom. The summed E-state index contributed by atoms with van der Waals surface area (Å²) in [5.41, 5.74) is 0.878. The maximum Gasteiger partial charge on any atom is 0.267 e. The van der Waals surface area contributed by atoms with Crippen molar-refractivity contribution < 1.29 is 9.53 Å². The number of fused-ring (bicyclic) bond motifs is 1. The Morgan fingerprint density at radius 1 is 1.37 bits per heavy atom. The maximum atomic E-state index is 12.2. The number of nitrogens with zero attached hydrogens (tertiary/aromatic N) is 1. The van der Waals surface area contributed by atoms with Gasteiger partial charge in [0.05, 0.1) is 5.69 Å². The molecule has 1 heterocycles. The van der Waals surface area contributed by atoms with Crippen molar-refractivity contribution in [3.05, 3.63) is 24.3 Å². The van der Waals surface area contributed by atoms with Crippen molar-refractivity contribution in [3.8, 4) is 5.75 Å². The summed E-state index contributed by atoms with van der Waals surface area (Å²) in [6.07, 6.45) is 1.54. The van der Waals surface area contributed by atoms with Gasteiger partial charge in [0.1, 0.15) is 5.75 Å². The largest absolute Gasteiger partial charge is 0.479 e. The summed E-state index contributed by atoms with van der Waals surface area (Å²) in [7, 11) is 0. The van der Waals surface area contributed by atoms with Crippen molar-refractivity contribution in [2.75, 3.05) is 17.3 Å². The second kappa shape index (κ2) is 6.29. The molecule has 0 aromatic heterocycles. The first kappa shape index (κ1) is 14.2. The molecule has 0 fully saturated rings. The van der Waals surface area contributed by atoms with Gasteiger partial charge in [0, 0.05) is 12.4 Å². The molecule has 19 heavy (non-hydrogen) atoms. The molecule has 104 valence electrons. The van der Waals surface area contributed by atoms with Crippen LogP contribution in [-0.4, -0.2) is 24.4 Å². The summed E-state index contributed by atoms with van der Waals surface area (Å²) in [6, 6.07) is 7.70. The zero-order chi connectivity index (χ0) is 13.8. The summed E-state index contributed by atoms with van der Waals surface area (Å²) >= 11 is 5.75. The second-order valence-electron chi connectivity index (χ2n) is 5.09. The minimum absolute atomic E-state index is 0.0387. The van der Waals surface area contributed by atoms with Crippen LogP contribution in [0.1, 0.15) is 26.7 Å². The first-order valence-electron chi connectivity index (χ1n) is 6.76. The molecule has 0 bridgehead atoms. The topological polar surface area (TPSA) is 29.5 Å². The lowest BCUT2D eigenvalue weighted by Gasteiger charge is -2.33. The Kier molecular flexibility index (Phi) is 4.70. The lowest BCUT2D eigenvalue weighted by molar-refractivity contribution is -0.125. The number of halogens is 1. The van der Waals surface area contributed by atoms with Gasteiger partial charge in [-0.05, 0) is 37.8 Å². The highest BCUT2D eigenvalue weighted by Gasteiger charge is 2.30. The maximum absolute atomic E-state index is 12.2. The van der Waals surface area contributed by atoms with Gasteiger partial charge in [-0.15, -0.1) is 11.6 Å². The number of hydrogen-bond donors (Lipinski definition) is 0. The number of amides is 1. The van der Waals surface area contributed by atoms with Gasteiger partial charge >= 0.3 is 0 Å². The van der Waals surface area contributed by atoms with Gasteiger partial charge in [-0.3, -0.25) is 4.79 Å². The second-order valence-corrected chi connectivity index (χ2v) is 5.47. The van der Waals surface area contributed by atoms with Crippen LogP contribution in [0.4, 0.5) is 5.69 Å². The Hall–Kier alpha value is -1.22. The molecule has 1 amide bonds. The zero-order valence-electron chi connectivity index (χ0n) is 11.4. The van der Waals surface area contributed by atoms with Gasteiger partial charge in [0.25, 0.3) is 5.91 Å². The molecule has 4 heteroatoms. The number of benzene rings is 1. The van der Waals surface area contributed by atoms with E-state index in [0.29, 0.717) is 11.8 Å². The van der Waals surface area contributed by atoms with E-state index in [1.165, 1.54) is 0 Å². The third-order valence-electron chi connectivity index (χ3n) is 3.52. The summed E-state index contributed by atoms with van der Waals surface area (Å²) < 4.78 is 5.62. The average Bonchev–Trinajstić information content (AvgIpc) is 2.39. The quantitative estimate of drug-likeness (QED) is 0.774. The number of carbonyl (C=O) groups is 1. The fraction of sp³-hybridized carbons (Fsp3) is 0.533. The standard InChI is InChI=1S/C15H20ClNO2/c1-11(7-9-16)8-10-17-13-5-3-4-6-14(13)19-12(2)15(17)18/h3-6,11-12H,7-10H2,1-2H3. The predicted octanol–water partition coefficient (Wildman–Crippen LogP) is 3.46. The molecule has 2 rings (SSSR count). The van der Waals surface area contributed by atoms with E-state index in [2.05, 4.69) is 6.92 Å². The average molecular weight is 282 g/mol. The molecular weight excluding hydrogens is 262 g/mol. The third kappa shape index (κ3) is 3.21. The first-order valence-corrected chi connectivity index (χ1v) is 7.30. The Bertz CT molecular complexity index is 450. The van der Waals surface area contributed by atoms with E-state index in [-0.39, 0.29) is 5.91 Å². The summed E-state index contributed by atoms with van der Waals surface area (Å²) in [6.45, 7) is 4.69. The van der Waals surface area contributed by atoms with Crippen LogP contribution in [-0.2, 0) is 4.79 Å². The Morgan fingerprint density at radius 3 is 2.84 bits per heavy atom. The summed E-state index contributed by atoms with van der Waals surface area (Å²) in [5.74, 6) is 2.03. The number of hydrogen-bond acceptors (Lipinski definition) is 2. The predicted molar refractivity (Wildman–Crippen MR) is 78.0 cm³/mol. The van der Waals surface area contributed by atoms with Crippen molar-refractivity contribution in [1.82, 2.24) is 0 Å². The van der Waals surface area contributed by atoms with Crippen molar-refractivity contribution in [3.63, 3.8) is 0 Å². The van der Waals surface area contributed by atoms with Crippen LogP contribution >= 0.6 is 11.6 Å².